The number of rotatable bonds is 11. The van der Waals surface area contributed by atoms with Crippen molar-refractivity contribution in [1.29, 1.82) is 0 Å². The van der Waals surface area contributed by atoms with Crippen LogP contribution in [0.15, 0.2) is 34.9 Å². The molecular formula is C18H31NO2S. The van der Waals surface area contributed by atoms with E-state index in [4.69, 9.17) is 10.8 Å². The average molecular weight is 326 g/mol. The molecule has 0 heterocycles. The van der Waals surface area contributed by atoms with Crippen molar-refractivity contribution >= 4 is 17.7 Å². The number of aliphatic carboxylic acids is 1. The lowest BCUT2D eigenvalue weighted by atomic mass is 10.1. The van der Waals surface area contributed by atoms with Crippen molar-refractivity contribution in [2.75, 3.05) is 11.5 Å². The van der Waals surface area contributed by atoms with Crippen LogP contribution in [0.25, 0.3) is 0 Å². The lowest BCUT2D eigenvalue weighted by Gasteiger charge is -2.05. The van der Waals surface area contributed by atoms with E-state index < -0.39 is 12.0 Å². The fourth-order valence-electron chi connectivity index (χ4n) is 1.81. The molecule has 0 aromatic heterocycles. The number of nitrogens with two attached hydrogens (primary N) is 1. The molecule has 3 N–H and O–H groups in total. The van der Waals surface area contributed by atoms with Crippen LogP contribution < -0.4 is 5.73 Å². The Balaban J connectivity index is 3.87. The van der Waals surface area contributed by atoms with Gasteiger partial charge in [-0.15, -0.1) is 0 Å². The Labute approximate surface area is 139 Å². The standard InChI is InChI=1S/C18H31NO2S/c1-14(2)7-5-8-15(3)9-6-10-16(4)11-12-22-13-17(19)18(20)21/h7,9,11,17H,5-6,8,10,12-13,19H2,1-4H3,(H,20,21). The zero-order valence-electron chi connectivity index (χ0n) is 14.4. The molecule has 0 fully saturated rings. The summed E-state index contributed by atoms with van der Waals surface area (Å²) in [5, 5.41) is 8.69. The van der Waals surface area contributed by atoms with Gasteiger partial charge in [-0.1, -0.05) is 34.9 Å². The molecule has 0 rings (SSSR count). The highest BCUT2D eigenvalue weighted by Crippen LogP contribution is 2.12. The summed E-state index contributed by atoms with van der Waals surface area (Å²) in [6.45, 7) is 8.59. The molecule has 0 saturated heterocycles. The van der Waals surface area contributed by atoms with Crippen molar-refractivity contribution in [1.82, 2.24) is 0 Å². The summed E-state index contributed by atoms with van der Waals surface area (Å²) in [5.41, 5.74) is 9.64. The van der Waals surface area contributed by atoms with Crippen molar-refractivity contribution in [3.8, 4) is 0 Å². The zero-order chi connectivity index (χ0) is 17.0. The van der Waals surface area contributed by atoms with E-state index in [1.54, 1.807) is 11.8 Å². The van der Waals surface area contributed by atoms with Gasteiger partial charge in [0.15, 0.2) is 0 Å². The molecule has 1 atom stereocenters. The maximum atomic E-state index is 10.6. The normalized spacial score (nSPS) is 13.9. The van der Waals surface area contributed by atoms with Gasteiger partial charge in [-0.25, -0.2) is 0 Å². The Hall–Kier alpha value is -1.00. The van der Waals surface area contributed by atoms with Crippen LogP contribution in [-0.4, -0.2) is 28.6 Å². The number of carboxylic acid groups (broad SMARTS) is 1. The van der Waals surface area contributed by atoms with Crippen molar-refractivity contribution in [3.63, 3.8) is 0 Å². The second-order valence-electron chi connectivity index (χ2n) is 5.94. The van der Waals surface area contributed by atoms with Gasteiger partial charge in [-0.2, -0.15) is 11.8 Å². The summed E-state index contributed by atoms with van der Waals surface area (Å²) in [4.78, 5) is 10.6. The summed E-state index contributed by atoms with van der Waals surface area (Å²) < 4.78 is 0. The first-order chi connectivity index (χ1) is 10.3. The quantitative estimate of drug-likeness (QED) is 0.432. The predicted octanol–water partition coefficient (Wildman–Crippen LogP) is 4.55. The van der Waals surface area contributed by atoms with E-state index >= 15 is 0 Å². The molecule has 126 valence electrons. The summed E-state index contributed by atoms with van der Waals surface area (Å²) in [5.74, 6) is 0.361. The van der Waals surface area contributed by atoms with Gasteiger partial charge in [0.05, 0.1) is 0 Å². The Morgan fingerprint density at radius 2 is 1.59 bits per heavy atom. The second-order valence-corrected chi connectivity index (χ2v) is 7.02. The summed E-state index contributed by atoms with van der Waals surface area (Å²) in [7, 11) is 0. The number of hydrogen-bond donors (Lipinski definition) is 2. The van der Waals surface area contributed by atoms with E-state index in [0.29, 0.717) is 5.75 Å². The Morgan fingerprint density at radius 3 is 2.14 bits per heavy atom. The third-order valence-electron chi connectivity index (χ3n) is 3.29. The highest BCUT2D eigenvalue weighted by Gasteiger charge is 2.09. The van der Waals surface area contributed by atoms with Crippen LogP contribution in [0.1, 0.15) is 53.4 Å². The Bertz CT molecular complexity index is 421. The summed E-state index contributed by atoms with van der Waals surface area (Å²) >= 11 is 1.57. The van der Waals surface area contributed by atoms with Crippen LogP contribution in [0.2, 0.25) is 0 Å². The number of carboxylic acids is 1. The first kappa shape index (κ1) is 21.0. The van der Waals surface area contributed by atoms with Crippen molar-refractivity contribution in [2.45, 2.75) is 59.4 Å². The molecule has 22 heavy (non-hydrogen) atoms. The van der Waals surface area contributed by atoms with E-state index in [2.05, 4.69) is 45.9 Å². The van der Waals surface area contributed by atoms with E-state index in [1.807, 2.05) is 0 Å². The largest absolute Gasteiger partial charge is 0.480 e. The SMILES string of the molecule is CC(C)=CCCC(C)=CCCC(C)=CCSCC(N)C(=O)O. The summed E-state index contributed by atoms with van der Waals surface area (Å²) in [6, 6.07) is -0.759. The molecule has 1 unspecified atom stereocenters. The molecule has 0 spiro atoms. The molecule has 0 aliphatic rings. The fraction of sp³-hybridized carbons (Fsp3) is 0.611. The third kappa shape index (κ3) is 12.7. The van der Waals surface area contributed by atoms with Gasteiger partial charge in [0.1, 0.15) is 6.04 Å². The van der Waals surface area contributed by atoms with Crippen LogP contribution in [0.4, 0.5) is 0 Å². The minimum absolute atomic E-state index is 0.461. The van der Waals surface area contributed by atoms with Crippen molar-refractivity contribution in [2.24, 2.45) is 5.73 Å². The predicted molar refractivity (Wildman–Crippen MR) is 98.3 cm³/mol. The van der Waals surface area contributed by atoms with Gasteiger partial charge in [0, 0.05) is 11.5 Å². The molecule has 0 amide bonds. The van der Waals surface area contributed by atoms with E-state index in [-0.39, 0.29) is 0 Å². The Morgan fingerprint density at radius 1 is 1.05 bits per heavy atom. The zero-order valence-corrected chi connectivity index (χ0v) is 15.2. The van der Waals surface area contributed by atoms with Gasteiger partial charge in [-0.3, -0.25) is 4.79 Å². The summed E-state index contributed by atoms with van der Waals surface area (Å²) in [6.07, 6.45) is 11.2. The number of allylic oxidation sites excluding steroid dienone is 5. The van der Waals surface area contributed by atoms with Gasteiger partial charge in [0.2, 0.25) is 0 Å². The van der Waals surface area contributed by atoms with Crippen LogP contribution >= 0.6 is 11.8 Å². The van der Waals surface area contributed by atoms with Crippen LogP contribution in [0.3, 0.4) is 0 Å². The van der Waals surface area contributed by atoms with Crippen LogP contribution in [0, 0.1) is 0 Å². The average Bonchev–Trinajstić information content (AvgIpc) is 2.42. The lowest BCUT2D eigenvalue weighted by Crippen LogP contribution is -2.32. The number of thioether (sulfide) groups is 1. The van der Waals surface area contributed by atoms with Gasteiger partial charge >= 0.3 is 5.97 Å². The second kappa shape index (κ2) is 12.5. The third-order valence-corrected chi connectivity index (χ3v) is 4.28. The molecule has 4 heteroatoms. The molecule has 3 nitrogen and oxygen atoms in total. The lowest BCUT2D eigenvalue weighted by molar-refractivity contribution is -0.137. The highest BCUT2D eigenvalue weighted by atomic mass is 32.2. The molecular weight excluding hydrogens is 294 g/mol. The monoisotopic (exact) mass is 325 g/mol. The number of carbonyl (C=O) groups is 1. The van der Waals surface area contributed by atoms with E-state index in [1.165, 1.54) is 16.7 Å². The molecule has 0 radical (unpaired) electrons. The fourth-order valence-corrected chi connectivity index (χ4v) is 2.74. The minimum atomic E-state index is -0.929. The van der Waals surface area contributed by atoms with Crippen molar-refractivity contribution in [3.05, 3.63) is 34.9 Å². The molecule has 0 saturated carbocycles. The van der Waals surface area contributed by atoms with Crippen LogP contribution in [0.5, 0.6) is 0 Å². The maximum Gasteiger partial charge on any atom is 0.321 e. The van der Waals surface area contributed by atoms with Crippen LogP contribution in [-0.2, 0) is 4.79 Å². The topological polar surface area (TPSA) is 63.3 Å². The van der Waals surface area contributed by atoms with E-state index in [9.17, 15) is 4.79 Å². The van der Waals surface area contributed by atoms with Gasteiger partial charge < -0.3 is 10.8 Å². The maximum absolute atomic E-state index is 10.6. The minimum Gasteiger partial charge on any atom is -0.480 e. The number of hydrogen-bond acceptors (Lipinski definition) is 3. The highest BCUT2D eigenvalue weighted by molar-refractivity contribution is 7.99. The van der Waals surface area contributed by atoms with Crippen molar-refractivity contribution < 1.29 is 9.90 Å². The van der Waals surface area contributed by atoms with Gasteiger partial charge in [0.25, 0.3) is 0 Å². The van der Waals surface area contributed by atoms with Gasteiger partial charge in [-0.05, 0) is 53.4 Å². The smallest absolute Gasteiger partial charge is 0.321 e. The molecule has 0 bridgehead atoms. The first-order valence-electron chi connectivity index (χ1n) is 7.83. The van der Waals surface area contributed by atoms with E-state index in [0.717, 1.165) is 31.4 Å². The molecule has 0 aliphatic heterocycles. The molecule has 0 aromatic rings. The first-order valence-corrected chi connectivity index (χ1v) is 8.99. The molecule has 0 aromatic carbocycles. The molecule has 0 aliphatic carbocycles. The Kier molecular flexibility index (Phi) is 12.0.